The van der Waals surface area contributed by atoms with Crippen molar-refractivity contribution in [1.29, 1.82) is 0 Å². The Balaban J connectivity index is 1.74. The van der Waals surface area contributed by atoms with Gasteiger partial charge in [0.2, 0.25) is 0 Å². The van der Waals surface area contributed by atoms with Gasteiger partial charge in [0.15, 0.2) is 5.82 Å². The Morgan fingerprint density at radius 3 is 2.69 bits per heavy atom. The molecule has 0 aliphatic heterocycles. The number of hydrogen-bond donors (Lipinski definition) is 0. The van der Waals surface area contributed by atoms with Crippen LogP contribution in [0.2, 0.25) is 0 Å². The van der Waals surface area contributed by atoms with E-state index in [0.29, 0.717) is 30.0 Å². The van der Waals surface area contributed by atoms with Crippen LogP contribution in [0.4, 0.5) is 0 Å². The van der Waals surface area contributed by atoms with E-state index in [9.17, 15) is 9.59 Å². The van der Waals surface area contributed by atoms with Crippen molar-refractivity contribution in [2.24, 2.45) is 11.8 Å². The number of hydrogen-bond acceptors (Lipinski definition) is 5. The van der Waals surface area contributed by atoms with Crippen LogP contribution in [0.5, 0.6) is 0 Å². The van der Waals surface area contributed by atoms with Crippen molar-refractivity contribution in [2.45, 2.75) is 38.0 Å². The highest BCUT2D eigenvalue weighted by Gasteiger charge is 2.53. The number of Topliss-reactive ketones (excluding diaryl/α,β-unsaturated/α-hetero) is 1. The average Bonchev–Trinajstić information content (AvgIpc) is 2.85. The number of carbonyl (C=O) groups excluding carboxylic acids is 2. The van der Waals surface area contributed by atoms with Gasteiger partial charge in [0.25, 0.3) is 0 Å². The van der Waals surface area contributed by atoms with Gasteiger partial charge in [0, 0.05) is 29.5 Å². The van der Waals surface area contributed by atoms with Crippen molar-refractivity contribution in [3.63, 3.8) is 0 Å². The van der Waals surface area contributed by atoms with E-state index in [2.05, 4.69) is 18.0 Å². The highest BCUT2D eigenvalue weighted by Crippen LogP contribution is 2.54. The van der Waals surface area contributed by atoms with Gasteiger partial charge in [0.1, 0.15) is 5.78 Å². The number of ether oxygens (including phenoxy) is 1. The number of methoxy groups -OCH3 is 1. The van der Waals surface area contributed by atoms with E-state index in [1.54, 1.807) is 6.07 Å². The summed E-state index contributed by atoms with van der Waals surface area (Å²) in [4.78, 5) is 34.8. The van der Waals surface area contributed by atoms with Crippen LogP contribution in [0.15, 0.2) is 60.8 Å². The lowest BCUT2D eigenvalue weighted by atomic mass is 9.53. The molecule has 2 aliphatic carbocycles. The first kappa shape index (κ1) is 20.6. The second-order valence-corrected chi connectivity index (χ2v) is 8.88. The molecular weight excluding hydrogens is 400 g/mol. The molecule has 0 bridgehead atoms. The summed E-state index contributed by atoms with van der Waals surface area (Å²) in [5.74, 6) is 0.716. The van der Waals surface area contributed by atoms with E-state index >= 15 is 0 Å². The maximum Gasteiger partial charge on any atom is 0.337 e. The van der Waals surface area contributed by atoms with Crippen molar-refractivity contribution in [3.05, 3.63) is 83.2 Å². The Hall–Kier alpha value is -3.34. The summed E-state index contributed by atoms with van der Waals surface area (Å²) in [5, 5.41) is 0. The molecule has 0 spiro atoms. The van der Waals surface area contributed by atoms with Crippen molar-refractivity contribution < 1.29 is 14.3 Å². The largest absolute Gasteiger partial charge is 0.465 e. The Bertz CT molecular complexity index is 1190. The second kappa shape index (κ2) is 7.97. The van der Waals surface area contributed by atoms with Crippen molar-refractivity contribution in [2.75, 3.05) is 7.11 Å². The number of esters is 1. The molecule has 1 unspecified atom stereocenters. The third-order valence-electron chi connectivity index (χ3n) is 7.35. The minimum atomic E-state index is -0.433. The Kier molecular flexibility index (Phi) is 5.12. The Morgan fingerprint density at radius 1 is 1.09 bits per heavy atom. The monoisotopic (exact) mass is 426 g/mol. The molecule has 162 valence electrons. The van der Waals surface area contributed by atoms with Crippen LogP contribution in [0.3, 0.4) is 0 Å². The van der Waals surface area contributed by atoms with Crippen molar-refractivity contribution in [3.8, 4) is 11.4 Å². The summed E-state index contributed by atoms with van der Waals surface area (Å²) in [6.07, 6.45) is 4.89. The Morgan fingerprint density at radius 2 is 1.91 bits per heavy atom. The highest BCUT2D eigenvalue weighted by molar-refractivity contribution is 5.89. The molecule has 5 nitrogen and oxygen atoms in total. The number of carbonyl (C=O) groups is 2. The number of ketones is 1. The lowest BCUT2D eigenvalue weighted by Gasteiger charge is -2.50. The molecule has 2 aromatic carbocycles. The van der Waals surface area contributed by atoms with Crippen LogP contribution in [-0.2, 0) is 21.4 Å². The topological polar surface area (TPSA) is 69.2 Å². The molecule has 0 saturated heterocycles. The smallest absolute Gasteiger partial charge is 0.337 e. The first-order chi connectivity index (χ1) is 15.5. The van der Waals surface area contributed by atoms with E-state index in [1.807, 2.05) is 48.7 Å². The summed E-state index contributed by atoms with van der Waals surface area (Å²) in [6, 6.07) is 17.7. The van der Waals surface area contributed by atoms with Gasteiger partial charge >= 0.3 is 5.97 Å². The van der Waals surface area contributed by atoms with Gasteiger partial charge in [0.05, 0.1) is 18.4 Å². The van der Waals surface area contributed by atoms with Crippen LogP contribution >= 0.6 is 0 Å². The van der Waals surface area contributed by atoms with E-state index in [-0.39, 0.29) is 17.8 Å². The highest BCUT2D eigenvalue weighted by atomic mass is 16.5. The zero-order valence-corrected chi connectivity index (χ0v) is 18.4. The molecular formula is C27H26N2O3. The molecule has 1 heterocycles. The predicted octanol–water partition coefficient (Wildman–Crippen LogP) is 4.78. The molecule has 1 saturated carbocycles. The number of aromatic nitrogens is 2. The molecule has 0 radical (unpaired) electrons. The van der Waals surface area contributed by atoms with Gasteiger partial charge in [-0.15, -0.1) is 0 Å². The van der Waals surface area contributed by atoms with Gasteiger partial charge in [-0.3, -0.25) is 4.79 Å². The maximum atomic E-state index is 12.7. The van der Waals surface area contributed by atoms with Crippen LogP contribution in [0.1, 0.15) is 53.4 Å². The number of aryl methyl sites for hydroxylation is 1. The molecule has 1 fully saturated rings. The van der Waals surface area contributed by atoms with Crippen LogP contribution in [0, 0.1) is 11.8 Å². The molecule has 0 amide bonds. The zero-order valence-electron chi connectivity index (χ0n) is 18.4. The second-order valence-electron chi connectivity index (χ2n) is 8.88. The number of fused-ring (bicyclic) bond motifs is 3. The fraction of sp³-hybridized carbons (Fsp3) is 0.333. The van der Waals surface area contributed by atoms with Gasteiger partial charge in [-0.2, -0.15) is 0 Å². The lowest BCUT2D eigenvalue weighted by Crippen LogP contribution is -2.50. The fourth-order valence-corrected chi connectivity index (χ4v) is 5.72. The summed E-state index contributed by atoms with van der Waals surface area (Å²) >= 11 is 0. The fourth-order valence-electron chi connectivity index (χ4n) is 5.72. The molecule has 2 aliphatic rings. The molecule has 1 aromatic heterocycles. The van der Waals surface area contributed by atoms with Crippen LogP contribution < -0.4 is 0 Å². The molecule has 5 rings (SSSR count). The zero-order chi connectivity index (χ0) is 22.3. The minimum Gasteiger partial charge on any atom is -0.465 e. The van der Waals surface area contributed by atoms with E-state index in [4.69, 9.17) is 9.72 Å². The van der Waals surface area contributed by atoms with Gasteiger partial charge in [-0.1, -0.05) is 49.4 Å². The molecule has 32 heavy (non-hydrogen) atoms. The first-order valence-electron chi connectivity index (χ1n) is 11.2. The van der Waals surface area contributed by atoms with Crippen LogP contribution in [-0.4, -0.2) is 28.8 Å². The normalized spacial score (nSPS) is 24.4. The molecule has 3 atom stereocenters. The number of nitrogens with zero attached hydrogens (tertiary/aromatic N) is 2. The minimum absolute atomic E-state index is 0.0613. The summed E-state index contributed by atoms with van der Waals surface area (Å²) in [6.45, 7) is 2.05. The number of rotatable bonds is 3. The molecule has 5 heteroatoms. The average molecular weight is 427 g/mol. The third-order valence-corrected chi connectivity index (χ3v) is 7.35. The van der Waals surface area contributed by atoms with E-state index in [0.717, 1.165) is 35.2 Å². The predicted molar refractivity (Wildman–Crippen MR) is 121 cm³/mol. The molecule has 0 N–H and O–H groups in total. The van der Waals surface area contributed by atoms with Crippen molar-refractivity contribution >= 4 is 11.8 Å². The maximum absolute atomic E-state index is 12.7. The summed E-state index contributed by atoms with van der Waals surface area (Å²) < 4.78 is 4.98. The van der Waals surface area contributed by atoms with Crippen molar-refractivity contribution in [1.82, 2.24) is 9.97 Å². The SMILES string of the molecule is COC(=O)c1cccc(C23CCC(=O)[C@@H](C)[C@@H]2CCc2cnc(-c4ccccc4)nc23)c1. The quantitative estimate of drug-likeness (QED) is 0.564. The van der Waals surface area contributed by atoms with E-state index in [1.165, 1.54) is 7.11 Å². The third kappa shape index (κ3) is 3.15. The van der Waals surface area contributed by atoms with Gasteiger partial charge in [-0.05, 0) is 48.4 Å². The summed E-state index contributed by atoms with van der Waals surface area (Å²) in [5.41, 5.74) is 4.22. The van der Waals surface area contributed by atoms with Gasteiger partial charge in [-0.25, -0.2) is 14.8 Å². The van der Waals surface area contributed by atoms with Gasteiger partial charge < -0.3 is 4.74 Å². The number of benzene rings is 2. The first-order valence-corrected chi connectivity index (χ1v) is 11.2. The standard InChI is InChI=1S/C27H26N2O3/c1-17-22-12-11-20-16-28-25(18-7-4-3-5-8-18)29-24(20)27(22,14-13-23(17)30)21-10-6-9-19(15-21)26(31)32-2/h3-10,15-17,22H,11-14H2,1-2H3/t17-,22-,27?/m0/s1. The summed E-state index contributed by atoms with van der Waals surface area (Å²) in [7, 11) is 1.40. The molecule has 3 aromatic rings. The van der Waals surface area contributed by atoms with Crippen LogP contribution in [0.25, 0.3) is 11.4 Å². The Labute approximate surface area is 187 Å². The van der Waals surface area contributed by atoms with E-state index < -0.39 is 5.41 Å². The lowest BCUT2D eigenvalue weighted by molar-refractivity contribution is -0.128.